The number of aliphatic imine (C=N–C) groups is 1. The lowest BCUT2D eigenvalue weighted by molar-refractivity contribution is 0.583. The molecule has 0 atom stereocenters. The Morgan fingerprint density at radius 3 is 2.62 bits per heavy atom. The summed E-state index contributed by atoms with van der Waals surface area (Å²) in [6.07, 6.45) is 3.10. The summed E-state index contributed by atoms with van der Waals surface area (Å²) in [7, 11) is 0. The minimum Gasteiger partial charge on any atom is -0.382 e. The van der Waals surface area contributed by atoms with Gasteiger partial charge in [0.2, 0.25) is 0 Å². The summed E-state index contributed by atoms with van der Waals surface area (Å²) >= 11 is 0. The van der Waals surface area contributed by atoms with Crippen molar-refractivity contribution in [1.29, 1.82) is 0 Å². The van der Waals surface area contributed by atoms with Gasteiger partial charge in [-0.3, -0.25) is 4.99 Å². The van der Waals surface area contributed by atoms with Crippen molar-refractivity contribution in [1.82, 2.24) is 9.97 Å². The van der Waals surface area contributed by atoms with Gasteiger partial charge in [0.25, 0.3) is 0 Å². The number of aromatic nitrogens is 2. The number of amidine groups is 1. The van der Waals surface area contributed by atoms with E-state index in [2.05, 4.69) is 15.0 Å². The highest BCUT2D eigenvalue weighted by Crippen LogP contribution is 2.07. The molecule has 0 aromatic carbocycles. The van der Waals surface area contributed by atoms with Crippen LogP contribution in [0.2, 0.25) is 0 Å². The average Bonchev–Trinajstić information content (AvgIpc) is 2.03. The minimum absolute atomic E-state index is 0.172. The molecule has 0 fully saturated rings. The zero-order chi connectivity index (χ0) is 9.90. The number of hydrogen-bond acceptors (Lipinski definition) is 3. The SMILES string of the molecule is CC(C)(C)N=C(N)c1ccncn1. The smallest absolute Gasteiger partial charge is 0.145 e. The van der Waals surface area contributed by atoms with Crippen molar-refractivity contribution in [3.8, 4) is 0 Å². The molecule has 1 heterocycles. The maximum absolute atomic E-state index is 5.74. The van der Waals surface area contributed by atoms with E-state index in [0.717, 1.165) is 0 Å². The van der Waals surface area contributed by atoms with Crippen molar-refractivity contribution in [2.45, 2.75) is 26.3 Å². The van der Waals surface area contributed by atoms with Gasteiger partial charge in [0.1, 0.15) is 17.9 Å². The summed E-state index contributed by atoms with van der Waals surface area (Å²) < 4.78 is 0. The van der Waals surface area contributed by atoms with Gasteiger partial charge in [-0.25, -0.2) is 9.97 Å². The maximum Gasteiger partial charge on any atom is 0.145 e. The third kappa shape index (κ3) is 3.19. The number of nitrogens with zero attached hydrogens (tertiary/aromatic N) is 3. The Kier molecular flexibility index (Phi) is 2.60. The molecule has 0 unspecified atom stereocenters. The molecule has 1 aromatic heterocycles. The van der Waals surface area contributed by atoms with Gasteiger partial charge in [-0.1, -0.05) is 0 Å². The maximum atomic E-state index is 5.74. The highest BCUT2D eigenvalue weighted by Gasteiger charge is 2.09. The second-order valence-electron chi connectivity index (χ2n) is 3.76. The second kappa shape index (κ2) is 3.51. The Hall–Kier alpha value is -1.45. The Balaban J connectivity index is 2.92. The van der Waals surface area contributed by atoms with E-state index in [-0.39, 0.29) is 5.54 Å². The van der Waals surface area contributed by atoms with Gasteiger partial charge in [-0.2, -0.15) is 0 Å². The van der Waals surface area contributed by atoms with Crippen molar-refractivity contribution in [2.24, 2.45) is 10.7 Å². The molecule has 70 valence electrons. The van der Waals surface area contributed by atoms with Gasteiger partial charge in [-0.15, -0.1) is 0 Å². The van der Waals surface area contributed by atoms with Crippen LogP contribution in [0.4, 0.5) is 0 Å². The van der Waals surface area contributed by atoms with Crippen LogP contribution < -0.4 is 5.73 Å². The van der Waals surface area contributed by atoms with Crippen molar-refractivity contribution < 1.29 is 0 Å². The molecule has 0 saturated heterocycles. The summed E-state index contributed by atoms with van der Waals surface area (Å²) in [5, 5.41) is 0. The van der Waals surface area contributed by atoms with Crippen LogP contribution in [0.3, 0.4) is 0 Å². The quantitative estimate of drug-likeness (QED) is 0.515. The van der Waals surface area contributed by atoms with Gasteiger partial charge in [-0.05, 0) is 26.8 Å². The van der Waals surface area contributed by atoms with Gasteiger partial charge in [0.05, 0.1) is 5.54 Å². The first-order chi connectivity index (χ1) is 5.99. The monoisotopic (exact) mass is 178 g/mol. The van der Waals surface area contributed by atoms with Crippen LogP contribution in [-0.2, 0) is 0 Å². The average molecular weight is 178 g/mol. The van der Waals surface area contributed by atoms with Gasteiger partial charge in [0, 0.05) is 6.20 Å². The van der Waals surface area contributed by atoms with E-state index in [1.165, 1.54) is 6.33 Å². The van der Waals surface area contributed by atoms with Crippen LogP contribution >= 0.6 is 0 Å². The number of rotatable bonds is 1. The molecule has 0 amide bonds. The molecule has 4 nitrogen and oxygen atoms in total. The second-order valence-corrected chi connectivity index (χ2v) is 3.76. The molecule has 0 aliphatic rings. The molecule has 1 rings (SSSR count). The number of hydrogen-bond donors (Lipinski definition) is 1. The molecule has 13 heavy (non-hydrogen) atoms. The van der Waals surface area contributed by atoms with Crippen molar-refractivity contribution in [3.05, 3.63) is 24.3 Å². The third-order valence-corrected chi connectivity index (χ3v) is 1.30. The molecule has 0 radical (unpaired) electrons. The fourth-order valence-corrected chi connectivity index (χ4v) is 0.861. The Bertz CT molecular complexity index is 297. The van der Waals surface area contributed by atoms with E-state index < -0.39 is 0 Å². The van der Waals surface area contributed by atoms with E-state index in [1.807, 2.05) is 20.8 Å². The molecular weight excluding hydrogens is 164 g/mol. The Morgan fingerprint density at radius 1 is 1.46 bits per heavy atom. The van der Waals surface area contributed by atoms with Crippen molar-refractivity contribution in [2.75, 3.05) is 0 Å². The fourth-order valence-electron chi connectivity index (χ4n) is 0.861. The first kappa shape index (κ1) is 9.64. The Morgan fingerprint density at radius 2 is 2.15 bits per heavy atom. The van der Waals surface area contributed by atoms with E-state index in [9.17, 15) is 0 Å². The van der Waals surface area contributed by atoms with Crippen LogP contribution in [0, 0.1) is 0 Å². The Labute approximate surface area is 77.9 Å². The van der Waals surface area contributed by atoms with E-state index in [4.69, 9.17) is 5.73 Å². The molecule has 0 saturated carbocycles. The van der Waals surface area contributed by atoms with Crippen LogP contribution in [0.15, 0.2) is 23.6 Å². The van der Waals surface area contributed by atoms with Crippen molar-refractivity contribution in [3.63, 3.8) is 0 Å². The summed E-state index contributed by atoms with van der Waals surface area (Å²) in [5.41, 5.74) is 6.24. The summed E-state index contributed by atoms with van der Waals surface area (Å²) in [5.74, 6) is 0.454. The highest BCUT2D eigenvalue weighted by atomic mass is 15.0. The van der Waals surface area contributed by atoms with E-state index in [1.54, 1.807) is 12.3 Å². The molecule has 0 spiro atoms. The van der Waals surface area contributed by atoms with Crippen molar-refractivity contribution >= 4 is 5.84 Å². The molecular formula is C9H14N4. The first-order valence-corrected chi connectivity index (χ1v) is 4.11. The zero-order valence-electron chi connectivity index (χ0n) is 8.15. The lowest BCUT2D eigenvalue weighted by Crippen LogP contribution is -2.22. The van der Waals surface area contributed by atoms with Gasteiger partial charge >= 0.3 is 0 Å². The largest absolute Gasteiger partial charge is 0.382 e. The summed E-state index contributed by atoms with van der Waals surface area (Å²) in [4.78, 5) is 12.1. The lowest BCUT2D eigenvalue weighted by Gasteiger charge is -2.12. The lowest BCUT2D eigenvalue weighted by atomic mass is 10.1. The van der Waals surface area contributed by atoms with Gasteiger partial charge in [0.15, 0.2) is 0 Å². The minimum atomic E-state index is -0.172. The van der Waals surface area contributed by atoms with Crippen LogP contribution in [0.5, 0.6) is 0 Å². The van der Waals surface area contributed by atoms with E-state index >= 15 is 0 Å². The molecule has 4 heteroatoms. The fraction of sp³-hybridized carbons (Fsp3) is 0.444. The first-order valence-electron chi connectivity index (χ1n) is 4.11. The normalized spacial score (nSPS) is 13.0. The third-order valence-electron chi connectivity index (χ3n) is 1.30. The predicted molar refractivity (Wildman–Crippen MR) is 52.5 cm³/mol. The van der Waals surface area contributed by atoms with Crippen LogP contribution in [0.25, 0.3) is 0 Å². The molecule has 0 bridgehead atoms. The summed E-state index contributed by atoms with van der Waals surface area (Å²) in [6.45, 7) is 5.96. The summed E-state index contributed by atoms with van der Waals surface area (Å²) in [6, 6.07) is 1.74. The molecule has 0 aliphatic heterocycles. The van der Waals surface area contributed by atoms with E-state index in [0.29, 0.717) is 11.5 Å². The molecule has 2 N–H and O–H groups in total. The van der Waals surface area contributed by atoms with Crippen LogP contribution in [-0.4, -0.2) is 21.3 Å². The molecule has 0 aliphatic carbocycles. The standard InChI is InChI=1S/C9H14N4/c1-9(2,3)13-8(10)7-4-5-11-6-12-7/h4-6H,1-3H3,(H2,10,13). The highest BCUT2D eigenvalue weighted by molar-refractivity contribution is 5.95. The topological polar surface area (TPSA) is 64.2 Å². The van der Waals surface area contributed by atoms with Gasteiger partial charge < -0.3 is 5.73 Å². The molecule has 1 aromatic rings. The zero-order valence-corrected chi connectivity index (χ0v) is 8.15. The van der Waals surface area contributed by atoms with Crippen LogP contribution in [0.1, 0.15) is 26.5 Å². The number of nitrogens with two attached hydrogens (primary N) is 1. The predicted octanol–water partition coefficient (Wildman–Crippen LogP) is 0.980.